The Morgan fingerprint density at radius 3 is 2.96 bits per heavy atom. The average molecular weight is 340 g/mol. The number of nitrogens with zero attached hydrogens (tertiary/aromatic N) is 1. The number of aromatic nitrogens is 1. The summed E-state index contributed by atoms with van der Waals surface area (Å²) in [6.45, 7) is 4.34. The van der Waals surface area contributed by atoms with Crippen LogP contribution in [0.4, 0.5) is 5.13 Å². The molecule has 3 aromatic rings. The van der Waals surface area contributed by atoms with Gasteiger partial charge >= 0.3 is 0 Å². The molecule has 24 heavy (non-hydrogen) atoms. The van der Waals surface area contributed by atoms with E-state index in [0.717, 1.165) is 35.8 Å². The van der Waals surface area contributed by atoms with E-state index in [1.165, 1.54) is 16.9 Å². The van der Waals surface area contributed by atoms with Crippen molar-refractivity contribution in [1.82, 2.24) is 4.98 Å². The van der Waals surface area contributed by atoms with E-state index in [0.29, 0.717) is 16.5 Å². The Balaban J connectivity index is 1.55. The van der Waals surface area contributed by atoms with Gasteiger partial charge in [0.2, 0.25) is 0 Å². The Labute approximate surface area is 143 Å². The van der Waals surface area contributed by atoms with Gasteiger partial charge in [-0.2, -0.15) is 0 Å². The number of thiazole rings is 1. The van der Waals surface area contributed by atoms with E-state index in [1.807, 2.05) is 24.4 Å². The minimum Gasteiger partial charge on any atom is -0.493 e. The summed E-state index contributed by atoms with van der Waals surface area (Å²) in [5.74, 6) is 2.08. The maximum Gasteiger partial charge on any atom is 0.260 e. The van der Waals surface area contributed by atoms with E-state index in [1.54, 1.807) is 13.0 Å². The third-order valence-electron chi connectivity index (χ3n) is 4.00. The van der Waals surface area contributed by atoms with E-state index < -0.39 is 0 Å². The molecule has 0 spiro atoms. The summed E-state index contributed by atoms with van der Waals surface area (Å²) in [4.78, 5) is 16.8. The SMILES string of the molecule is Cc1cc(C(=O)Nc2nc(-c3ccc4c(c3)CCO4)cs2)c(C)o1. The van der Waals surface area contributed by atoms with E-state index in [2.05, 4.69) is 16.4 Å². The number of furan rings is 1. The fourth-order valence-electron chi connectivity index (χ4n) is 2.83. The van der Waals surface area contributed by atoms with Crippen molar-refractivity contribution in [2.24, 2.45) is 0 Å². The Morgan fingerprint density at radius 2 is 2.17 bits per heavy atom. The molecule has 5 nitrogen and oxygen atoms in total. The van der Waals surface area contributed by atoms with Crippen LogP contribution in [0.5, 0.6) is 5.75 Å². The normalized spacial score (nSPS) is 12.8. The van der Waals surface area contributed by atoms with Gasteiger partial charge in [0.1, 0.15) is 17.3 Å². The van der Waals surface area contributed by atoms with Crippen LogP contribution in [0.15, 0.2) is 34.1 Å². The average Bonchev–Trinajstić information content (AvgIpc) is 3.26. The summed E-state index contributed by atoms with van der Waals surface area (Å²) >= 11 is 1.41. The van der Waals surface area contributed by atoms with E-state index in [9.17, 15) is 4.79 Å². The maximum atomic E-state index is 12.3. The monoisotopic (exact) mass is 340 g/mol. The standard InChI is InChI=1S/C18H16N2O3S/c1-10-7-14(11(2)23-10)17(21)20-18-19-15(9-24-18)12-3-4-16-13(8-12)5-6-22-16/h3-4,7-9H,5-6H2,1-2H3,(H,19,20,21). The number of fused-ring (bicyclic) bond motifs is 1. The summed E-state index contributed by atoms with van der Waals surface area (Å²) in [6, 6.07) is 7.81. The van der Waals surface area contributed by atoms with Gasteiger partial charge in [-0.3, -0.25) is 10.1 Å². The highest BCUT2D eigenvalue weighted by Gasteiger charge is 2.17. The number of benzene rings is 1. The first-order valence-corrected chi connectivity index (χ1v) is 8.58. The molecule has 1 aliphatic rings. The lowest BCUT2D eigenvalue weighted by Crippen LogP contribution is -2.11. The number of aryl methyl sites for hydroxylation is 2. The molecule has 1 aromatic carbocycles. The van der Waals surface area contributed by atoms with Crippen LogP contribution in [0.1, 0.15) is 27.4 Å². The van der Waals surface area contributed by atoms with Crippen molar-refractivity contribution >= 4 is 22.4 Å². The molecule has 1 N–H and O–H groups in total. The first kappa shape index (κ1) is 15.0. The number of carbonyl (C=O) groups excluding carboxylic acids is 1. The lowest BCUT2D eigenvalue weighted by Gasteiger charge is -2.02. The van der Waals surface area contributed by atoms with E-state index >= 15 is 0 Å². The number of hydrogen-bond acceptors (Lipinski definition) is 5. The molecule has 0 unspecified atom stereocenters. The Morgan fingerprint density at radius 1 is 1.29 bits per heavy atom. The summed E-state index contributed by atoms with van der Waals surface area (Å²) < 4.78 is 10.9. The molecule has 1 amide bonds. The summed E-state index contributed by atoms with van der Waals surface area (Å²) in [7, 11) is 0. The molecule has 2 aromatic heterocycles. The predicted molar refractivity (Wildman–Crippen MR) is 92.9 cm³/mol. The number of nitrogens with one attached hydrogen (secondary N) is 1. The van der Waals surface area contributed by atoms with Gasteiger partial charge in [0, 0.05) is 17.4 Å². The quantitative estimate of drug-likeness (QED) is 0.776. The number of anilines is 1. The van der Waals surface area contributed by atoms with Gasteiger partial charge in [0.15, 0.2) is 5.13 Å². The first-order chi connectivity index (χ1) is 11.6. The number of carbonyl (C=O) groups is 1. The van der Waals surface area contributed by atoms with Gasteiger partial charge in [-0.05, 0) is 43.7 Å². The lowest BCUT2D eigenvalue weighted by molar-refractivity contribution is 0.102. The van der Waals surface area contributed by atoms with Gasteiger partial charge in [-0.25, -0.2) is 4.98 Å². The van der Waals surface area contributed by atoms with E-state index in [4.69, 9.17) is 9.15 Å². The zero-order chi connectivity index (χ0) is 16.7. The van der Waals surface area contributed by atoms with Crippen molar-refractivity contribution in [2.45, 2.75) is 20.3 Å². The van der Waals surface area contributed by atoms with Crippen molar-refractivity contribution in [2.75, 3.05) is 11.9 Å². The Bertz CT molecular complexity index is 926. The summed E-state index contributed by atoms with van der Waals surface area (Å²) in [6.07, 6.45) is 0.927. The highest BCUT2D eigenvalue weighted by molar-refractivity contribution is 7.14. The molecule has 0 bridgehead atoms. The van der Waals surface area contributed by atoms with Gasteiger partial charge in [0.25, 0.3) is 5.91 Å². The van der Waals surface area contributed by atoms with Crippen LogP contribution in [0.3, 0.4) is 0 Å². The van der Waals surface area contributed by atoms with Gasteiger partial charge in [-0.15, -0.1) is 11.3 Å². The summed E-state index contributed by atoms with van der Waals surface area (Å²) in [5, 5.41) is 5.36. The van der Waals surface area contributed by atoms with Crippen molar-refractivity contribution in [3.63, 3.8) is 0 Å². The second-order valence-corrected chi connectivity index (χ2v) is 6.60. The first-order valence-electron chi connectivity index (χ1n) is 7.70. The third kappa shape index (κ3) is 2.69. The second kappa shape index (κ2) is 5.79. The minimum atomic E-state index is -0.201. The topological polar surface area (TPSA) is 64.4 Å². The van der Waals surface area contributed by atoms with Crippen molar-refractivity contribution in [3.05, 3.63) is 52.3 Å². The number of hydrogen-bond donors (Lipinski definition) is 1. The van der Waals surface area contributed by atoms with Crippen molar-refractivity contribution < 1.29 is 13.9 Å². The van der Waals surface area contributed by atoms with Crippen LogP contribution in [-0.2, 0) is 6.42 Å². The van der Waals surface area contributed by atoms with Gasteiger partial charge in [0.05, 0.1) is 17.9 Å². The molecule has 3 heterocycles. The molecule has 0 saturated carbocycles. The van der Waals surface area contributed by atoms with Crippen molar-refractivity contribution in [3.8, 4) is 17.0 Å². The fraction of sp³-hybridized carbons (Fsp3) is 0.222. The molecule has 0 saturated heterocycles. The minimum absolute atomic E-state index is 0.201. The molecule has 0 aliphatic carbocycles. The molecule has 6 heteroatoms. The lowest BCUT2D eigenvalue weighted by atomic mass is 10.1. The molecule has 0 fully saturated rings. The Kier molecular flexibility index (Phi) is 3.61. The third-order valence-corrected chi connectivity index (χ3v) is 4.75. The molecule has 0 atom stereocenters. The maximum absolute atomic E-state index is 12.3. The molecular weight excluding hydrogens is 324 g/mol. The van der Waals surface area contributed by atoms with Crippen LogP contribution in [0.2, 0.25) is 0 Å². The highest BCUT2D eigenvalue weighted by atomic mass is 32.1. The second-order valence-electron chi connectivity index (χ2n) is 5.74. The number of ether oxygens (including phenoxy) is 1. The van der Waals surface area contributed by atoms with Crippen LogP contribution in [-0.4, -0.2) is 17.5 Å². The van der Waals surface area contributed by atoms with Crippen LogP contribution in [0, 0.1) is 13.8 Å². The summed E-state index contributed by atoms with van der Waals surface area (Å²) in [5.41, 5.74) is 3.63. The van der Waals surface area contributed by atoms with Crippen LogP contribution < -0.4 is 10.1 Å². The fourth-order valence-corrected chi connectivity index (χ4v) is 3.55. The number of amides is 1. The zero-order valence-electron chi connectivity index (χ0n) is 13.4. The van der Waals surface area contributed by atoms with Crippen LogP contribution >= 0.6 is 11.3 Å². The molecule has 1 aliphatic heterocycles. The van der Waals surface area contributed by atoms with Gasteiger partial charge in [-0.1, -0.05) is 0 Å². The van der Waals surface area contributed by atoms with Gasteiger partial charge < -0.3 is 9.15 Å². The van der Waals surface area contributed by atoms with E-state index in [-0.39, 0.29) is 5.91 Å². The largest absolute Gasteiger partial charge is 0.493 e. The predicted octanol–water partition coefficient (Wildman–Crippen LogP) is 4.21. The molecule has 0 radical (unpaired) electrons. The Hall–Kier alpha value is -2.60. The van der Waals surface area contributed by atoms with Crippen molar-refractivity contribution in [1.29, 1.82) is 0 Å². The molecule has 4 rings (SSSR count). The van der Waals surface area contributed by atoms with Crippen LogP contribution in [0.25, 0.3) is 11.3 Å². The highest BCUT2D eigenvalue weighted by Crippen LogP contribution is 2.32. The molecule has 122 valence electrons. The zero-order valence-corrected chi connectivity index (χ0v) is 14.2. The number of rotatable bonds is 3. The molecular formula is C18H16N2O3S. The smallest absolute Gasteiger partial charge is 0.260 e.